The first kappa shape index (κ1) is 21.8. The van der Waals surface area contributed by atoms with Crippen LogP contribution in [-0.4, -0.2) is 30.0 Å². The molecule has 1 aromatic carbocycles. The Hall–Kier alpha value is -3.41. The Bertz CT molecular complexity index is 1090. The maximum absolute atomic E-state index is 12.4. The monoisotopic (exact) mass is 431 g/mol. The quantitative estimate of drug-likeness (QED) is 0.697. The molecule has 0 saturated heterocycles. The first-order valence-corrected chi connectivity index (χ1v) is 11.0. The topological polar surface area (TPSA) is 71.5 Å². The van der Waals surface area contributed by atoms with E-state index in [-0.39, 0.29) is 29.9 Å². The summed E-state index contributed by atoms with van der Waals surface area (Å²) >= 11 is 0. The Morgan fingerprint density at radius 2 is 1.97 bits per heavy atom. The lowest BCUT2D eigenvalue weighted by Crippen LogP contribution is -2.43. The van der Waals surface area contributed by atoms with Gasteiger partial charge in [0.1, 0.15) is 5.82 Å². The molecule has 2 heterocycles. The fourth-order valence-corrected chi connectivity index (χ4v) is 4.77. The van der Waals surface area contributed by atoms with Crippen molar-refractivity contribution in [3.63, 3.8) is 0 Å². The number of fused-ring (bicyclic) bond motifs is 1. The van der Waals surface area contributed by atoms with Gasteiger partial charge in [-0.15, -0.1) is 0 Å². The van der Waals surface area contributed by atoms with E-state index >= 15 is 0 Å². The average molecular weight is 432 g/mol. The third-order valence-corrected chi connectivity index (χ3v) is 6.32. The zero-order chi connectivity index (χ0) is 22.8. The van der Waals surface area contributed by atoms with E-state index in [2.05, 4.69) is 29.4 Å². The molecule has 0 saturated carbocycles. The van der Waals surface area contributed by atoms with Crippen LogP contribution >= 0.6 is 0 Å². The van der Waals surface area contributed by atoms with Crippen molar-refractivity contribution < 1.29 is 14.3 Å². The summed E-state index contributed by atoms with van der Waals surface area (Å²) in [5.74, 6) is 0.658. The van der Waals surface area contributed by atoms with Gasteiger partial charge in [0, 0.05) is 30.4 Å². The summed E-state index contributed by atoms with van der Waals surface area (Å²) < 4.78 is 4.90. The number of carbonyl (C=O) groups excluding carboxylic acids is 2. The van der Waals surface area contributed by atoms with Crippen molar-refractivity contribution in [2.75, 3.05) is 17.3 Å². The van der Waals surface area contributed by atoms with E-state index in [0.29, 0.717) is 5.57 Å². The van der Waals surface area contributed by atoms with Crippen LogP contribution in [0.2, 0.25) is 0 Å². The number of esters is 1. The standard InChI is InChI=1S/C26H29N3O3/c1-16-13-19(8-10-21(16)26(31)32-4)20-9-11-24-22(15-20)23(14-17(2)29(24)18(3)30)28-25-7-5-6-12-27-25/h5-12,15-17,23H,13-14H2,1-4H3,(H,27,28)/t16?,17-,23+/m0/s1. The number of allylic oxidation sites excluding steroid dienone is 3. The van der Waals surface area contributed by atoms with E-state index < -0.39 is 0 Å². The Morgan fingerprint density at radius 3 is 2.62 bits per heavy atom. The van der Waals surface area contributed by atoms with Gasteiger partial charge in [-0.05, 0) is 66.6 Å². The predicted octanol–water partition coefficient (Wildman–Crippen LogP) is 4.90. The number of hydrogen-bond acceptors (Lipinski definition) is 5. The van der Waals surface area contributed by atoms with Crippen LogP contribution in [0.25, 0.3) is 5.57 Å². The number of nitrogens with one attached hydrogen (secondary N) is 1. The lowest BCUT2D eigenvalue weighted by atomic mass is 9.83. The maximum Gasteiger partial charge on any atom is 0.334 e. The van der Waals surface area contributed by atoms with E-state index in [9.17, 15) is 9.59 Å². The van der Waals surface area contributed by atoms with Gasteiger partial charge in [0.05, 0.1) is 13.2 Å². The second kappa shape index (κ2) is 8.99. The number of aromatic nitrogens is 1. The minimum atomic E-state index is -0.274. The summed E-state index contributed by atoms with van der Waals surface area (Å²) in [6.45, 7) is 5.74. The number of benzene rings is 1. The largest absolute Gasteiger partial charge is 0.466 e. The molecular formula is C26H29N3O3. The average Bonchev–Trinajstić information content (AvgIpc) is 2.78. The van der Waals surface area contributed by atoms with Crippen LogP contribution in [0.5, 0.6) is 0 Å². The van der Waals surface area contributed by atoms with Crippen LogP contribution in [0, 0.1) is 5.92 Å². The third kappa shape index (κ3) is 4.17. The number of methoxy groups -OCH3 is 1. The number of amides is 1. The van der Waals surface area contributed by atoms with E-state index in [1.165, 1.54) is 7.11 Å². The highest BCUT2D eigenvalue weighted by Crippen LogP contribution is 2.41. The van der Waals surface area contributed by atoms with Crippen LogP contribution in [-0.2, 0) is 14.3 Å². The van der Waals surface area contributed by atoms with Crippen molar-refractivity contribution in [2.24, 2.45) is 5.92 Å². The van der Waals surface area contributed by atoms with Gasteiger partial charge in [-0.3, -0.25) is 4.79 Å². The number of carbonyl (C=O) groups is 2. The molecule has 2 aliphatic rings. The van der Waals surface area contributed by atoms with Crippen LogP contribution in [0.4, 0.5) is 11.5 Å². The molecule has 2 aromatic rings. The molecule has 1 amide bonds. The molecule has 1 N–H and O–H groups in total. The minimum absolute atomic E-state index is 0.0354. The zero-order valence-electron chi connectivity index (χ0n) is 19.0. The first-order chi connectivity index (χ1) is 15.4. The number of pyridine rings is 1. The molecule has 1 aliphatic carbocycles. The Morgan fingerprint density at radius 1 is 1.16 bits per heavy atom. The van der Waals surface area contributed by atoms with Crippen molar-refractivity contribution in [1.29, 1.82) is 0 Å². The molecule has 32 heavy (non-hydrogen) atoms. The SMILES string of the molecule is COC(=O)C1=CC=C(c2ccc3c(c2)[C@H](Nc2ccccn2)C[C@H](C)N3C(C)=O)CC1C. The highest BCUT2D eigenvalue weighted by Gasteiger charge is 2.33. The van der Waals surface area contributed by atoms with Crippen molar-refractivity contribution in [2.45, 2.75) is 45.7 Å². The minimum Gasteiger partial charge on any atom is -0.466 e. The van der Waals surface area contributed by atoms with Gasteiger partial charge >= 0.3 is 5.97 Å². The van der Waals surface area contributed by atoms with Crippen LogP contribution < -0.4 is 10.2 Å². The van der Waals surface area contributed by atoms with Crippen molar-refractivity contribution >= 4 is 29.0 Å². The molecule has 0 bridgehead atoms. The van der Waals surface area contributed by atoms with E-state index in [1.807, 2.05) is 48.2 Å². The van der Waals surface area contributed by atoms with E-state index in [0.717, 1.165) is 41.0 Å². The van der Waals surface area contributed by atoms with Crippen molar-refractivity contribution in [3.8, 4) is 0 Å². The number of ether oxygens (including phenoxy) is 1. The van der Waals surface area contributed by atoms with Crippen LogP contribution in [0.3, 0.4) is 0 Å². The molecule has 3 atom stereocenters. The molecule has 0 spiro atoms. The molecule has 6 nitrogen and oxygen atoms in total. The van der Waals surface area contributed by atoms with Gasteiger partial charge in [-0.1, -0.05) is 31.2 Å². The number of hydrogen-bond donors (Lipinski definition) is 1. The van der Waals surface area contributed by atoms with Gasteiger partial charge in [-0.2, -0.15) is 0 Å². The molecule has 1 aromatic heterocycles. The van der Waals surface area contributed by atoms with Gasteiger partial charge in [0.2, 0.25) is 5.91 Å². The fraction of sp³-hybridized carbons (Fsp3) is 0.346. The Labute approximate surface area is 189 Å². The molecule has 0 fully saturated rings. The van der Waals surface area contributed by atoms with E-state index in [4.69, 9.17) is 4.74 Å². The summed E-state index contributed by atoms with van der Waals surface area (Å²) in [5.41, 5.74) is 4.97. The van der Waals surface area contributed by atoms with Crippen molar-refractivity contribution in [1.82, 2.24) is 4.98 Å². The summed E-state index contributed by atoms with van der Waals surface area (Å²) in [4.78, 5) is 30.7. The molecule has 1 unspecified atom stereocenters. The van der Waals surface area contributed by atoms with Gasteiger partial charge in [0.25, 0.3) is 0 Å². The molecule has 6 heteroatoms. The fourth-order valence-electron chi connectivity index (χ4n) is 4.77. The van der Waals surface area contributed by atoms with Gasteiger partial charge in [-0.25, -0.2) is 9.78 Å². The molecular weight excluding hydrogens is 402 g/mol. The molecule has 0 radical (unpaired) electrons. The third-order valence-electron chi connectivity index (χ3n) is 6.32. The lowest BCUT2D eigenvalue weighted by Gasteiger charge is -2.39. The summed E-state index contributed by atoms with van der Waals surface area (Å²) in [7, 11) is 1.41. The number of rotatable bonds is 4. The Kier molecular flexibility index (Phi) is 6.12. The van der Waals surface area contributed by atoms with Gasteiger partial charge < -0.3 is 15.0 Å². The number of nitrogens with zero attached hydrogens (tertiary/aromatic N) is 2. The lowest BCUT2D eigenvalue weighted by molar-refractivity contribution is -0.136. The Balaban J connectivity index is 1.73. The normalized spacial score (nSPS) is 22.4. The maximum atomic E-state index is 12.4. The summed E-state index contributed by atoms with van der Waals surface area (Å²) in [5, 5.41) is 3.55. The predicted molar refractivity (Wildman–Crippen MR) is 126 cm³/mol. The van der Waals surface area contributed by atoms with Crippen molar-refractivity contribution in [3.05, 3.63) is 71.4 Å². The molecule has 1 aliphatic heterocycles. The highest BCUT2D eigenvalue weighted by molar-refractivity contribution is 5.94. The summed E-state index contributed by atoms with van der Waals surface area (Å²) in [6.07, 6.45) is 7.18. The second-order valence-corrected chi connectivity index (χ2v) is 8.57. The summed E-state index contributed by atoms with van der Waals surface area (Å²) in [6, 6.07) is 12.2. The molecule has 166 valence electrons. The van der Waals surface area contributed by atoms with E-state index in [1.54, 1.807) is 13.1 Å². The number of anilines is 2. The second-order valence-electron chi connectivity index (χ2n) is 8.57. The van der Waals surface area contributed by atoms with Crippen LogP contribution in [0.15, 0.2) is 60.3 Å². The highest BCUT2D eigenvalue weighted by atomic mass is 16.5. The smallest absolute Gasteiger partial charge is 0.334 e. The van der Waals surface area contributed by atoms with Crippen LogP contribution in [0.1, 0.15) is 50.8 Å². The first-order valence-electron chi connectivity index (χ1n) is 11.0. The van der Waals surface area contributed by atoms with Gasteiger partial charge in [0.15, 0.2) is 0 Å². The zero-order valence-corrected chi connectivity index (χ0v) is 19.0. The molecule has 4 rings (SSSR count).